The number of hydrogen-bond donors (Lipinski definition) is 2. The summed E-state index contributed by atoms with van der Waals surface area (Å²) in [5.74, 6) is -0.374. The predicted molar refractivity (Wildman–Crippen MR) is 110 cm³/mol. The standard InChI is InChI=1S/C23H21N3O2/c1-16-12-19(17(2)26(16)15-18-6-4-3-5-7-18)13-20(14-24)23(28)25-21-8-10-22(27)11-9-21/h3-13,27H,15H2,1-2H3,(H,25,28). The van der Waals surface area contributed by atoms with E-state index in [4.69, 9.17) is 0 Å². The number of aromatic hydroxyl groups is 1. The number of amides is 1. The summed E-state index contributed by atoms with van der Waals surface area (Å²) in [6, 6.07) is 20.2. The van der Waals surface area contributed by atoms with Crippen LogP contribution in [0.2, 0.25) is 0 Å². The van der Waals surface area contributed by atoms with Crippen LogP contribution in [0.3, 0.4) is 0 Å². The fraction of sp³-hybridized carbons (Fsp3) is 0.130. The van der Waals surface area contributed by atoms with E-state index in [0.717, 1.165) is 23.5 Å². The maximum atomic E-state index is 12.5. The molecule has 0 atom stereocenters. The van der Waals surface area contributed by atoms with Gasteiger partial charge in [0.1, 0.15) is 17.4 Å². The third-order valence-corrected chi connectivity index (χ3v) is 4.59. The van der Waals surface area contributed by atoms with Crippen LogP contribution in [0.1, 0.15) is 22.5 Å². The molecule has 1 heterocycles. The minimum absolute atomic E-state index is 0.0213. The van der Waals surface area contributed by atoms with E-state index in [1.807, 2.05) is 44.2 Å². The Bertz CT molecular complexity index is 1060. The molecular formula is C23H21N3O2. The van der Waals surface area contributed by atoms with E-state index >= 15 is 0 Å². The smallest absolute Gasteiger partial charge is 0.266 e. The molecule has 0 saturated carbocycles. The predicted octanol–water partition coefficient (Wildman–Crippen LogP) is 4.40. The molecule has 0 unspecified atom stereocenters. The Morgan fingerprint density at radius 3 is 2.46 bits per heavy atom. The normalized spacial score (nSPS) is 11.1. The van der Waals surface area contributed by atoms with Gasteiger partial charge in [0.05, 0.1) is 0 Å². The number of rotatable bonds is 5. The van der Waals surface area contributed by atoms with Crippen LogP contribution < -0.4 is 5.32 Å². The van der Waals surface area contributed by atoms with Gasteiger partial charge in [0.2, 0.25) is 0 Å². The summed E-state index contributed by atoms with van der Waals surface area (Å²) in [6.07, 6.45) is 1.61. The van der Waals surface area contributed by atoms with Crippen molar-refractivity contribution in [3.8, 4) is 11.8 Å². The number of nitrogens with zero attached hydrogens (tertiary/aromatic N) is 2. The average Bonchev–Trinajstić information content (AvgIpc) is 2.96. The van der Waals surface area contributed by atoms with Crippen molar-refractivity contribution in [1.29, 1.82) is 5.26 Å². The highest BCUT2D eigenvalue weighted by molar-refractivity contribution is 6.09. The van der Waals surface area contributed by atoms with E-state index in [-0.39, 0.29) is 11.3 Å². The lowest BCUT2D eigenvalue weighted by Crippen LogP contribution is -2.13. The summed E-state index contributed by atoms with van der Waals surface area (Å²) in [5, 5.41) is 21.5. The number of benzene rings is 2. The van der Waals surface area contributed by atoms with Crippen molar-refractivity contribution in [3.05, 3.63) is 88.8 Å². The molecule has 2 aromatic carbocycles. The number of carbonyl (C=O) groups is 1. The van der Waals surface area contributed by atoms with Crippen molar-refractivity contribution in [2.24, 2.45) is 0 Å². The van der Waals surface area contributed by atoms with E-state index in [1.54, 1.807) is 18.2 Å². The quantitative estimate of drug-likeness (QED) is 0.396. The number of nitriles is 1. The molecule has 0 aliphatic carbocycles. The molecule has 1 aromatic heterocycles. The van der Waals surface area contributed by atoms with Gasteiger partial charge in [-0.1, -0.05) is 30.3 Å². The van der Waals surface area contributed by atoms with Crippen LogP contribution in [0.15, 0.2) is 66.2 Å². The second-order valence-corrected chi connectivity index (χ2v) is 6.57. The molecule has 5 nitrogen and oxygen atoms in total. The molecule has 140 valence electrons. The highest BCUT2D eigenvalue weighted by Crippen LogP contribution is 2.21. The van der Waals surface area contributed by atoms with Crippen molar-refractivity contribution >= 4 is 17.7 Å². The first-order valence-corrected chi connectivity index (χ1v) is 8.91. The first kappa shape index (κ1) is 19.0. The topological polar surface area (TPSA) is 78.1 Å². The molecule has 5 heteroatoms. The molecule has 0 spiro atoms. The lowest BCUT2D eigenvalue weighted by atomic mass is 10.1. The number of carbonyl (C=O) groups excluding carboxylic acids is 1. The van der Waals surface area contributed by atoms with Crippen LogP contribution in [0.5, 0.6) is 5.75 Å². The van der Waals surface area contributed by atoms with Crippen molar-refractivity contribution in [2.45, 2.75) is 20.4 Å². The molecule has 0 bridgehead atoms. The first-order valence-electron chi connectivity index (χ1n) is 8.91. The summed E-state index contributed by atoms with van der Waals surface area (Å²) in [4.78, 5) is 12.5. The monoisotopic (exact) mass is 371 g/mol. The molecule has 2 N–H and O–H groups in total. The van der Waals surface area contributed by atoms with Gasteiger partial charge < -0.3 is 15.0 Å². The van der Waals surface area contributed by atoms with Crippen LogP contribution in [0.25, 0.3) is 6.08 Å². The van der Waals surface area contributed by atoms with Gasteiger partial charge in [-0.25, -0.2) is 0 Å². The van der Waals surface area contributed by atoms with E-state index in [2.05, 4.69) is 22.0 Å². The summed E-state index contributed by atoms with van der Waals surface area (Å²) in [7, 11) is 0. The lowest BCUT2D eigenvalue weighted by molar-refractivity contribution is -0.112. The Morgan fingerprint density at radius 1 is 1.14 bits per heavy atom. The maximum absolute atomic E-state index is 12.5. The molecule has 0 saturated heterocycles. The van der Waals surface area contributed by atoms with Crippen LogP contribution in [-0.2, 0) is 11.3 Å². The molecule has 3 rings (SSSR count). The Kier molecular flexibility index (Phi) is 5.61. The van der Waals surface area contributed by atoms with Gasteiger partial charge in [0.25, 0.3) is 5.91 Å². The number of phenolic OH excluding ortho intramolecular Hbond substituents is 1. The Morgan fingerprint density at radius 2 is 1.82 bits per heavy atom. The first-order chi connectivity index (χ1) is 13.5. The van der Waals surface area contributed by atoms with Gasteiger partial charge in [-0.3, -0.25) is 4.79 Å². The average molecular weight is 371 g/mol. The Balaban J connectivity index is 1.84. The highest BCUT2D eigenvalue weighted by Gasteiger charge is 2.13. The third kappa shape index (κ3) is 4.30. The summed E-state index contributed by atoms with van der Waals surface area (Å²) in [5.41, 5.74) is 4.61. The van der Waals surface area contributed by atoms with Gasteiger partial charge in [-0.15, -0.1) is 0 Å². The zero-order valence-electron chi connectivity index (χ0n) is 15.8. The van der Waals surface area contributed by atoms with E-state index in [1.165, 1.54) is 17.7 Å². The van der Waals surface area contributed by atoms with Gasteiger partial charge in [0, 0.05) is 23.6 Å². The van der Waals surface area contributed by atoms with E-state index < -0.39 is 5.91 Å². The molecule has 0 aliphatic heterocycles. The maximum Gasteiger partial charge on any atom is 0.266 e. The molecule has 3 aromatic rings. The number of aromatic nitrogens is 1. The van der Waals surface area contributed by atoms with Crippen molar-refractivity contribution in [1.82, 2.24) is 4.57 Å². The van der Waals surface area contributed by atoms with Gasteiger partial charge >= 0.3 is 0 Å². The number of aryl methyl sites for hydroxylation is 1. The van der Waals surface area contributed by atoms with Crippen LogP contribution in [0, 0.1) is 25.2 Å². The van der Waals surface area contributed by atoms with E-state index in [0.29, 0.717) is 5.69 Å². The fourth-order valence-electron chi connectivity index (χ4n) is 3.03. The third-order valence-electron chi connectivity index (χ3n) is 4.59. The fourth-order valence-corrected chi connectivity index (χ4v) is 3.03. The van der Waals surface area contributed by atoms with Crippen molar-refractivity contribution in [2.75, 3.05) is 5.32 Å². The molecule has 0 fully saturated rings. The van der Waals surface area contributed by atoms with Crippen LogP contribution in [0.4, 0.5) is 5.69 Å². The van der Waals surface area contributed by atoms with Crippen molar-refractivity contribution < 1.29 is 9.90 Å². The lowest BCUT2D eigenvalue weighted by Gasteiger charge is -2.09. The van der Waals surface area contributed by atoms with Crippen molar-refractivity contribution in [3.63, 3.8) is 0 Å². The highest BCUT2D eigenvalue weighted by atomic mass is 16.3. The summed E-state index contributed by atoms with van der Waals surface area (Å²) < 4.78 is 2.16. The second-order valence-electron chi connectivity index (χ2n) is 6.57. The molecule has 28 heavy (non-hydrogen) atoms. The number of hydrogen-bond acceptors (Lipinski definition) is 3. The molecular weight excluding hydrogens is 350 g/mol. The molecule has 0 aliphatic rings. The van der Waals surface area contributed by atoms with Crippen LogP contribution in [-0.4, -0.2) is 15.6 Å². The van der Waals surface area contributed by atoms with Gasteiger partial charge in [0.15, 0.2) is 0 Å². The molecule has 0 radical (unpaired) electrons. The zero-order chi connectivity index (χ0) is 20.1. The zero-order valence-corrected chi connectivity index (χ0v) is 15.8. The van der Waals surface area contributed by atoms with E-state index in [9.17, 15) is 15.2 Å². The van der Waals surface area contributed by atoms with Crippen LogP contribution >= 0.6 is 0 Å². The Labute approximate surface area is 164 Å². The SMILES string of the molecule is Cc1cc(C=C(C#N)C(=O)Nc2ccc(O)cc2)c(C)n1Cc1ccccc1. The number of nitrogens with one attached hydrogen (secondary N) is 1. The summed E-state index contributed by atoms with van der Waals surface area (Å²) in [6.45, 7) is 4.72. The van der Waals surface area contributed by atoms with Gasteiger partial charge in [-0.05, 0) is 61.4 Å². The number of anilines is 1. The minimum atomic E-state index is -0.485. The Hall–Kier alpha value is -3.78. The minimum Gasteiger partial charge on any atom is -0.508 e. The number of phenols is 1. The van der Waals surface area contributed by atoms with Gasteiger partial charge in [-0.2, -0.15) is 5.26 Å². The largest absolute Gasteiger partial charge is 0.508 e. The summed E-state index contributed by atoms with van der Waals surface area (Å²) >= 11 is 0. The molecule has 1 amide bonds. The second kappa shape index (κ2) is 8.28.